The first kappa shape index (κ1) is 21.8. The highest BCUT2D eigenvalue weighted by molar-refractivity contribution is 7.92. The number of halogens is 4. The molecule has 0 unspecified atom stereocenters. The maximum absolute atomic E-state index is 13.2. The van der Waals surface area contributed by atoms with Gasteiger partial charge in [0.25, 0.3) is 10.0 Å². The fraction of sp³-hybridized carbons (Fsp3) is 0.105. The van der Waals surface area contributed by atoms with Gasteiger partial charge in [0.05, 0.1) is 33.8 Å². The Morgan fingerprint density at radius 3 is 2.56 bits per heavy atom. The molecule has 0 saturated carbocycles. The molecule has 2 heterocycles. The molecule has 0 bridgehead atoms. The first-order valence-electron chi connectivity index (χ1n) is 8.73. The molecule has 0 spiro atoms. The smallest absolute Gasteiger partial charge is 0.417 e. The second-order valence-electron chi connectivity index (χ2n) is 6.42. The quantitative estimate of drug-likeness (QED) is 0.435. The van der Waals surface area contributed by atoms with E-state index in [1.807, 2.05) is 0 Å². The SMILES string of the molecule is COc1cc(C(F)(F)F)c(Cl)cc1-c1ncnc2cc(S(=O)(=O)Nc3ccon3)ccc12. The Morgan fingerprint density at radius 2 is 1.91 bits per heavy atom. The number of nitrogens with zero attached hydrogens (tertiary/aromatic N) is 3. The molecule has 0 aliphatic heterocycles. The number of methoxy groups -OCH3 is 1. The molecule has 1 N–H and O–H groups in total. The van der Waals surface area contributed by atoms with Gasteiger partial charge in [-0.2, -0.15) is 13.2 Å². The number of rotatable bonds is 5. The van der Waals surface area contributed by atoms with Crippen molar-refractivity contribution in [3.8, 4) is 17.0 Å². The minimum absolute atomic E-state index is 0.00222. The number of benzene rings is 2. The van der Waals surface area contributed by atoms with Gasteiger partial charge in [0.1, 0.15) is 18.3 Å². The van der Waals surface area contributed by atoms with Crippen LogP contribution in [0.2, 0.25) is 5.02 Å². The van der Waals surface area contributed by atoms with Crippen LogP contribution in [-0.4, -0.2) is 30.7 Å². The van der Waals surface area contributed by atoms with Crippen molar-refractivity contribution in [2.24, 2.45) is 0 Å². The summed E-state index contributed by atoms with van der Waals surface area (Å²) in [6, 6.07) is 7.25. The highest BCUT2D eigenvalue weighted by Crippen LogP contribution is 2.42. The summed E-state index contributed by atoms with van der Waals surface area (Å²) in [5, 5.41) is 3.34. The minimum Gasteiger partial charge on any atom is -0.496 e. The van der Waals surface area contributed by atoms with Crippen molar-refractivity contribution < 1.29 is 30.8 Å². The molecule has 0 atom stereocenters. The van der Waals surface area contributed by atoms with Crippen LogP contribution in [0.4, 0.5) is 19.0 Å². The van der Waals surface area contributed by atoms with E-state index in [2.05, 4.69) is 24.4 Å². The maximum atomic E-state index is 13.2. The lowest BCUT2D eigenvalue weighted by atomic mass is 10.0. The highest BCUT2D eigenvalue weighted by Gasteiger charge is 2.34. The van der Waals surface area contributed by atoms with Gasteiger partial charge in [-0.15, -0.1) is 0 Å². The van der Waals surface area contributed by atoms with Crippen LogP contribution in [0, 0.1) is 0 Å². The van der Waals surface area contributed by atoms with Gasteiger partial charge in [-0.1, -0.05) is 16.8 Å². The van der Waals surface area contributed by atoms with Gasteiger partial charge in [0.15, 0.2) is 5.82 Å². The molecule has 8 nitrogen and oxygen atoms in total. The van der Waals surface area contributed by atoms with E-state index < -0.39 is 26.8 Å². The molecule has 0 aliphatic rings. The Bertz CT molecular complexity index is 1410. The van der Waals surface area contributed by atoms with Gasteiger partial charge in [-0.05, 0) is 30.3 Å². The average Bonchev–Trinajstić information content (AvgIpc) is 3.24. The number of ether oxygens (including phenoxy) is 1. The minimum atomic E-state index is -4.67. The van der Waals surface area contributed by atoms with Crippen LogP contribution in [0.15, 0.2) is 58.4 Å². The van der Waals surface area contributed by atoms with E-state index in [1.54, 1.807) is 0 Å². The van der Waals surface area contributed by atoms with Crippen LogP contribution >= 0.6 is 11.6 Å². The van der Waals surface area contributed by atoms with E-state index >= 15 is 0 Å². The average molecular weight is 485 g/mol. The summed E-state index contributed by atoms with van der Waals surface area (Å²) < 4.78 is 76.8. The van der Waals surface area contributed by atoms with Gasteiger partial charge < -0.3 is 9.26 Å². The summed E-state index contributed by atoms with van der Waals surface area (Å²) in [6.07, 6.45) is -2.30. The predicted octanol–water partition coefficient (Wildman–Crippen LogP) is 4.77. The molecule has 0 saturated heterocycles. The number of nitrogens with one attached hydrogen (secondary N) is 1. The molecule has 4 aromatic rings. The Kier molecular flexibility index (Phi) is 5.42. The van der Waals surface area contributed by atoms with Crippen LogP contribution in [0.5, 0.6) is 5.75 Å². The fourth-order valence-electron chi connectivity index (χ4n) is 3.00. The monoisotopic (exact) mass is 484 g/mol. The Balaban J connectivity index is 1.83. The van der Waals surface area contributed by atoms with Gasteiger partial charge >= 0.3 is 6.18 Å². The summed E-state index contributed by atoms with van der Waals surface area (Å²) >= 11 is 5.88. The molecular weight excluding hydrogens is 473 g/mol. The number of alkyl halides is 3. The van der Waals surface area contributed by atoms with Crippen LogP contribution in [0.25, 0.3) is 22.2 Å². The van der Waals surface area contributed by atoms with E-state index in [0.29, 0.717) is 5.39 Å². The van der Waals surface area contributed by atoms with Crippen molar-refractivity contribution in [1.29, 1.82) is 0 Å². The van der Waals surface area contributed by atoms with Gasteiger partial charge in [-0.25, -0.2) is 18.4 Å². The Hall–Kier alpha value is -3.38. The zero-order valence-electron chi connectivity index (χ0n) is 16.0. The first-order chi connectivity index (χ1) is 15.1. The number of fused-ring (bicyclic) bond motifs is 1. The van der Waals surface area contributed by atoms with Crippen molar-refractivity contribution >= 4 is 38.3 Å². The lowest BCUT2D eigenvalue weighted by Crippen LogP contribution is -2.13. The Morgan fingerprint density at radius 1 is 1.12 bits per heavy atom. The summed E-state index contributed by atoms with van der Waals surface area (Å²) in [5.41, 5.74) is -0.411. The zero-order chi connectivity index (χ0) is 23.1. The van der Waals surface area contributed by atoms with Crippen LogP contribution < -0.4 is 9.46 Å². The molecule has 2 aromatic heterocycles. The Labute approximate surface area is 184 Å². The van der Waals surface area contributed by atoms with Crippen molar-refractivity contribution in [2.75, 3.05) is 11.8 Å². The number of sulfonamides is 1. The second-order valence-corrected chi connectivity index (χ2v) is 8.51. The normalized spacial score (nSPS) is 12.2. The van der Waals surface area contributed by atoms with Crippen LogP contribution in [0.1, 0.15) is 5.56 Å². The third-order valence-electron chi connectivity index (χ3n) is 4.44. The van der Waals surface area contributed by atoms with Crippen molar-refractivity contribution in [1.82, 2.24) is 15.1 Å². The lowest BCUT2D eigenvalue weighted by molar-refractivity contribution is -0.137. The van der Waals surface area contributed by atoms with Crippen LogP contribution in [0.3, 0.4) is 0 Å². The third-order valence-corrected chi connectivity index (χ3v) is 6.11. The second kappa shape index (κ2) is 7.95. The van der Waals surface area contributed by atoms with Crippen molar-refractivity contribution in [2.45, 2.75) is 11.1 Å². The standard InChI is InChI=1S/C19H12ClF3N4O4S/c1-30-16-8-13(19(21,22)23)14(20)7-12(16)18-11-3-2-10(6-15(11)24-9-25-18)32(28,29)27-17-4-5-31-26-17/h2-9H,1H3,(H,26,27). The number of aromatic nitrogens is 3. The molecule has 32 heavy (non-hydrogen) atoms. The largest absolute Gasteiger partial charge is 0.496 e. The van der Waals surface area contributed by atoms with E-state index in [1.165, 1.54) is 37.6 Å². The van der Waals surface area contributed by atoms with Gasteiger partial charge in [0.2, 0.25) is 0 Å². The molecule has 2 aromatic carbocycles. The van der Waals surface area contributed by atoms with E-state index in [4.69, 9.17) is 16.3 Å². The molecule has 0 amide bonds. The first-order valence-corrected chi connectivity index (χ1v) is 10.6. The molecule has 4 rings (SSSR count). The summed E-state index contributed by atoms with van der Waals surface area (Å²) in [5.74, 6) is -0.108. The number of hydrogen-bond acceptors (Lipinski definition) is 7. The topological polar surface area (TPSA) is 107 Å². The number of hydrogen-bond donors (Lipinski definition) is 1. The van der Waals surface area contributed by atoms with Gasteiger partial charge in [-0.3, -0.25) is 4.72 Å². The van der Waals surface area contributed by atoms with E-state index in [9.17, 15) is 21.6 Å². The maximum Gasteiger partial charge on any atom is 0.417 e. The van der Waals surface area contributed by atoms with Crippen molar-refractivity contribution in [3.63, 3.8) is 0 Å². The van der Waals surface area contributed by atoms with Crippen molar-refractivity contribution in [3.05, 3.63) is 59.6 Å². The summed E-state index contributed by atoms with van der Waals surface area (Å²) in [7, 11) is -2.78. The molecule has 166 valence electrons. The fourth-order valence-corrected chi connectivity index (χ4v) is 4.29. The molecule has 0 radical (unpaired) electrons. The van der Waals surface area contributed by atoms with Gasteiger partial charge in [0, 0.05) is 17.0 Å². The summed E-state index contributed by atoms with van der Waals surface area (Å²) in [4.78, 5) is 8.12. The molecule has 0 fully saturated rings. The molecule has 0 aliphatic carbocycles. The lowest BCUT2D eigenvalue weighted by Gasteiger charge is -2.15. The van der Waals surface area contributed by atoms with E-state index in [0.717, 1.165) is 18.5 Å². The summed E-state index contributed by atoms with van der Waals surface area (Å²) in [6.45, 7) is 0. The molecule has 13 heteroatoms. The number of anilines is 1. The predicted molar refractivity (Wildman–Crippen MR) is 109 cm³/mol. The third kappa shape index (κ3) is 4.06. The van der Waals surface area contributed by atoms with Crippen LogP contribution in [-0.2, 0) is 16.2 Å². The highest BCUT2D eigenvalue weighted by atomic mass is 35.5. The van der Waals surface area contributed by atoms with E-state index in [-0.39, 0.29) is 33.2 Å². The molecular formula is C19H12ClF3N4O4S. The zero-order valence-corrected chi connectivity index (χ0v) is 17.6.